The number of fused-ring (bicyclic) bond motifs is 10. The molecule has 6 fully saturated rings. The summed E-state index contributed by atoms with van der Waals surface area (Å²) < 4.78 is 77.8. The fraction of sp³-hybridized carbons (Fsp3) is 0.565. The molecule has 34 nitrogen and oxygen atoms in total. The summed E-state index contributed by atoms with van der Waals surface area (Å²) in [6, 6.07) is 38.7. The minimum atomic E-state index is -2.44. The summed E-state index contributed by atoms with van der Waals surface area (Å²) in [5.41, 5.74) is -16.1. The molecule has 4 bridgehead atoms. The molecule has 0 spiro atoms. The van der Waals surface area contributed by atoms with Crippen molar-refractivity contribution in [2.45, 2.75) is 340 Å². The molecule has 6 aliphatic carbocycles. The van der Waals surface area contributed by atoms with Crippen molar-refractivity contribution < 1.29 is 155 Å². The van der Waals surface area contributed by atoms with Crippen LogP contribution in [-0.2, 0) is 111 Å². The Kier molecular flexibility index (Phi) is 33.8. The van der Waals surface area contributed by atoms with E-state index in [0.717, 1.165) is 38.7 Å². The van der Waals surface area contributed by atoms with Crippen LogP contribution in [0.25, 0.3) is 0 Å². The summed E-state index contributed by atoms with van der Waals surface area (Å²) in [5, 5.41) is 81.8. The number of hydrogen-bond acceptors (Lipinski definition) is 32. The first-order valence-electron chi connectivity index (χ1n) is 48.7. The zero-order valence-electron chi connectivity index (χ0n) is 83.7. The van der Waals surface area contributed by atoms with Crippen molar-refractivity contribution in [2.75, 3.05) is 13.2 Å². The van der Waals surface area contributed by atoms with E-state index in [9.17, 15) is 78.6 Å². The third kappa shape index (κ3) is 22.5. The molecule has 8 aliphatic rings. The van der Waals surface area contributed by atoms with E-state index < -0.39 is 237 Å². The van der Waals surface area contributed by atoms with E-state index >= 15 is 14.4 Å². The number of aliphatic hydroxyl groups is 6. The van der Waals surface area contributed by atoms with E-state index in [0.29, 0.717) is 43.2 Å². The minimum Gasteiger partial charge on any atom is -0.461 e. The molecule has 2 saturated heterocycles. The van der Waals surface area contributed by atoms with E-state index in [-0.39, 0.29) is 91.3 Å². The maximum Gasteiger partial charge on any atom is 0.408 e. The summed E-state index contributed by atoms with van der Waals surface area (Å²) in [6.07, 6.45) is -18.5. The standard InChI is InChI=1S/C58H71NO17.C50H65NO15/c1-34-39(31-58(69)50(74-51(66)38-26-18-13-19-27-38)48-56(8,49(65)46(64)44(34)55(58,6)7)40(61)30-41-57(48,33-71-41)75-35(2)60)72-52(67)47(45(37-24-16-12-17-25-37)59-53(68)76-54(3,4)5)73-43(63)29-21-10-9-20-28-42(62)70-32-36-22-14-11-15-23-36;1-10-11-12-19-24-35(54)63-39(37(30-20-15-13-16-21-30)51-45(59)66-46(4,5)6)44(58)62-32-26-50(60)42(64-43(57)31-22-17-14-18-23-31)40-48(9,41(56)38(55)36(28(32)2)47(50,7)8)33(53)25-34-49(40,27-61-34)65-29(3)52/h11-19,22-27,39-41,45-48,50,61,64,69H,9-10,20-21,28-33H2,1-8H3,(H,59,68);13-18,20-23,32-34,37-40,42,53,55,60H,10-12,19,24-27H2,1-9H3,(H,51,59)/t39-,40-,41+,45-,46+,47+,48-,50-,56+,57-,58+;32-,33-,34+,37-,38+,39+,40-,42-,48+,49-,50+/m00/s1. The lowest BCUT2D eigenvalue weighted by molar-refractivity contribution is -0.346. The largest absolute Gasteiger partial charge is 0.461 e. The number of Topliss-reactive ketones (excluding diaryl/α,β-unsaturated/α-hetero) is 2. The molecule has 2 amide bonds. The van der Waals surface area contributed by atoms with Gasteiger partial charge in [0.1, 0.15) is 89.9 Å². The fourth-order valence-electron chi connectivity index (χ4n) is 22.1. The summed E-state index contributed by atoms with van der Waals surface area (Å²) in [7, 11) is 0. The van der Waals surface area contributed by atoms with E-state index in [1.165, 1.54) is 65.8 Å². The molecule has 2 heterocycles. The SMILES string of the molecule is CC(=O)O[C@@]12CO[C@@H]1C[C@H](O)[C@@]1(C)C(=O)[C@H](O)C3=C(C)[C@@H](OC(=O)[C@H](OC(=O)CCCCCCC(=O)OCc4ccccc4)[C@@H](NC(=O)OC(C)(C)C)c4ccccc4)C[C@@](O)([C@@H](OC(=O)c4ccccc4)[C@H]21)C3(C)C.CCCCCCC(=O)O[C@@H](C(=O)O[C@H]1C[C@@]2(O)[C@@H](OC(=O)c3ccccc3)[C@@H]3[C@]4(OC(C)=O)CO[C@@H]4C[C@H](O)[C@@]3(C)C(=O)[C@H](O)C(=C1C)C2(C)C)[C@@H](NC(=O)OC(C)(C)C)c1ccccc1. The Bertz CT molecular complexity index is 5500. The van der Waals surface area contributed by atoms with Crippen molar-refractivity contribution in [3.8, 4) is 0 Å². The Balaban J connectivity index is 0.000000256. The van der Waals surface area contributed by atoms with Crippen LogP contribution >= 0.6 is 0 Å². The molecule has 34 heteroatoms. The molecule has 2 aliphatic heterocycles. The first kappa shape index (κ1) is 109. The maximum atomic E-state index is 15.3. The topological polar surface area (TPSA) is 487 Å². The van der Waals surface area contributed by atoms with Gasteiger partial charge in [-0.2, -0.15) is 0 Å². The molecule has 770 valence electrons. The Labute approximate surface area is 826 Å². The number of aliphatic hydroxyl groups excluding tert-OH is 4. The molecule has 0 radical (unpaired) electrons. The van der Waals surface area contributed by atoms with Gasteiger partial charge in [-0.05, 0) is 152 Å². The lowest BCUT2D eigenvalue weighted by Gasteiger charge is -2.67. The summed E-state index contributed by atoms with van der Waals surface area (Å²) in [5.74, 6) is -12.8. The van der Waals surface area contributed by atoms with Gasteiger partial charge in [-0.3, -0.25) is 33.6 Å². The van der Waals surface area contributed by atoms with Gasteiger partial charge in [-0.15, -0.1) is 0 Å². The number of nitrogens with one attached hydrogen (secondary N) is 2. The lowest BCUT2D eigenvalue weighted by atomic mass is 9.44. The van der Waals surface area contributed by atoms with Crippen LogP contribution in [-0.4, -0.2) is 228 Å². The number of ether oxygens (including phenoxy) is 13. The second-order valence-corrected chi connectivity index (χ2v) is 42.0. The van der Waals surface area contributed by atoms with Crippen LogP contribution in [0.15, 0.2) is 174 Å². The summed E-state index contributed by atoms with van der Waals surface area (Å²) in [6.45, 7) is 25.7. The molecule has 5 aromatic rings. The number of amides is 2. The summed E-state index contributed by atoms with van der Waals surface area (Å²) in [4.78, 5) is 182. The third-order valence-corrected chi connectivity index (χ3v) is 29.6. The van der Waals surface area contributed by atoms with Gasteiger partial charge in [-0.25, -0.2) is 28.8 Å². The zero-order valence-corrected chi connectivity index (χ0v) is 83.7. The van der Waals surface area contributed by atoms with Gasteiger partial charge in [-0.1, -0.05) is 194 Å². The number of rotatable bonds is 32. The van der Waals surface area contributed by atoms with Crippen molar-refractivity contribution in [2.24, 2.45) is 33.5 Å². The minimum absolute atomic E-state index is 0.0531. The van der Waals surface area contributed by atoms with Crippen molar-refractivity contribution in [1.82, 2.24) is 10.6 Å². The van der Waals surface area contributed by atoms with Crippen LogP contribution in [0.2, 0.25) is 0 Å². The van der Waals surface area contributed by atoms with Crippen molar-refractivity contribution in [3.63, 3.8) is 0 Å². The molecular weight excluding hydrogens is 1840 g/mol. The third-order valence-electron chi connectivity index (χ3n) is 29.6. The molecule has 0 aromatic heterocycles. The van der Waals surface area contributed by atoms with Crippen LogP contribution in [0.4, 0.5) is 9.59 Å². The van der Waals surface area contributed by atoms with Crippen LogP contribution in [0.5, 0.6) is 0 Å². The second-order valence-electron chi connectivity index (χ2n) is 42.0. The molecule has 8 N–H and O–H groups in total. The molecule has 13 rings (SSSR count). The Morgan fingerprint density at radius 3 is 1.11 bits per heavy atom. The smallest absolute Gasteiger partial charge is 0.408 e. The van der Waals surface area contributed by atoms with Crippen LogP contribution in [0.1, 0.15) is 264 Å². The van der Waals surface area contributed by atoms with Gasteiger partial charge in [0.15, 0.2) is 22.8 Å². The summed E-state index contributed by atoms with van der Waals surface area (Å²) >= 11 is 0. The lowest BCUT2D eigenvalue weighted by Crippen LogP contribution is -2.81. The number of alkyl carbamates (subject to hydrolysis) is 2. The quantitative estimate of drug-likeness (QED) is 0.00858. The molecule has 4 saturated carbocycles. The zero-order chi connectivity index (χ0) is 104. The number of unbranched alkanes of at least 4 members (excludes halogenated alkanes) is 6. The van der Waals surface area contributed by atoms with Gasteiger partial charge in [0.05, 0.1) is 59.2 Å². The number of carbonyl (C=O) groups excluding carboxylic acids is 13. The van der Waals surface area contributed by atoms with Gasteiger partial charge in [0.25, 0.3) is 0 Å². The molecule has 5 aromatic carbocycles. The Morgan fingerprint density at radius 2 is 0.782 bits per heavy atom. The van der Waals surface area contributed by atoms with E-state index in [2.05, 4.69) is 10.6 Å². The molecule has 22 atom stereocenters. The van der Waals surface area contributed by atoms with E-state index in [1.54, 1.807) is 152 Å². The fourth-order valence-corrected chi connectivity index (χ4v) is 22.1. The number of ketones is 2. The van der Waals surface area contributed by atoms with Crippen LogP contribution < -0.4 is 10.6 Å². The highest BCUT2D eigenvalue weighted by atomic mass is 16.7. The molecule has 0 unspecified atom stereocenters. The van der Waals surface area contributed by atoms with E-state index in [4.69, 9.17) is 61.6 Å². The number of carbonyl (C=O) groups is 13. The van der Waals surface area contributed by atoms with Gasteiger partial charge in [0, 0.05) is 69.6 Å². The highest BCUT2D eigenvalue weighted by molar-refractivity contribution is 5.96. The number of benzene rings is 5. The predicted octanol–water partition coefficient (Wildman–Crippen LogP) is 12.7. The first-order valence-corrected chi connectivity index (χ1v) is 48.7. The predicted molar refractivity (Wildman–Crippen MR) is 508 cm³/mol. The second kappa shape index (κ2) is 43.9. The van der Waals surface area contributed by atoms with E-state index in [1.807, 2.05) is 37.3 Å². The van der Waals surface area contributed by atoms with Gasteiger partial charge < -0.3 is 103 Å². The Morgan fingerprint density at radius 1 is 0.451 bits per heavy atom. The normalized spacial score (nSPS) is 29.5. The van der Waals surface area contributed by atoms with Crippen molar-refractivity contribution in [1.29, 1.82) is 0 Å². The highest BCUT2D eigenvalue weighted by Crippen LogP contribution is 2.67. The van der Waals surface area contributed by atoms with Gasteiger partial charge in [0.2, 0.25) is 12.2 Å². The van der Waals surface area contributed by atoms with Crippen molar-refractivity contribution in [3.05, 3.63) is 202 Å². The maximum absolute atomic E-state index is 15.3. The van der Waals surface area contributed by atoms with Crippen LogP contribution in [0.3, 0.4) is 0 Å². The highest BCUT2D eigenvalue weighted by Gasteiger charge is 2.81. The molecule has 142 heavy (non-hydrogen) atoms. The monoisotopic (exact) mass is 1970 g/mol. The van der Waals surface area contributed by atoms with Crippen LogP contribution in [0, 0.1) is 33.5 Å². The molecular formula is C108H136N2O32. The van der Waals surface area contributed by atoms with Crippen molar-refractivity contribution >= 4 is 77.5 Å². The first-order chi connectivity index (χ1) is 66.8. The van der Waals surface area contributed by atoms with Gasteiger partial charge >= 0.3 is 65.9 Å². The average molecular weight is 1970 g/mol. The average Bonchev–Trinajstić information content (AvgIpc) is 0.671. The number of esters is 9. The Hall–Kier alpha value is -11.6. The number of hydrogen-bond donors (Lipinski definition) is 8.